The molecule has 198 valence electrons. The number of rotatable bonds is 7. The molecule has 1 aliphatic rings. The molecule has 5 rings (SSSR count). The SMILES string of the molecule is CC(C)(C)c1ccc(-n2cc3cccc(NCc4ccncc4)c3c2O)cc1NC(=O)CN1CCCCC1. The summed E-state index contributed by atoms with van der Waals surface area (Å²) in [5.74, 6) is 0.158. The number of likely N-dealkylation sites (tertiary alicyclic amines) is 1. The standard InChI is InChI=1S/C31H37N5O2/c1-31(2,3)25-11-10-24(18-27(25)34-28(37)21-35-16-5-4-6-17-35)36-20-23-8-7-9-26(29(23)30(36)38)33-19-22-12-14-32-15-13-22/h7-15,18,20,33,38H,4-6,16-17,19,21H2,1-3H3,(H,34,37). The Morgan fingerprint density at radius 3 is 2.50 bits per heavy atom. The summed E-state index contributed by atoms with van der Waals surface area (Å²) in [4.78, 5) is 19.3. The van der Waals surface area contributed by atoms with Crippen LogP contribution in [0.2, 0.25) is 0 Å². The summed E-state index contributed by atoms with van der Waals surface area (Å²) in [7, 11) is 0. The van der Waals surface area contributed by atoms with Crippen molar-refractivity contribution in [2.75, 3.05) is 30.3 Å². The number of hydrogen-bond donors (Lipinski definition) is 3. The fourth-order valence-corrected chi connectivity index (χ4v) is 5.24. The zero-order chi connectivity index (χ0) is 26.7. The normalized spacial score (nSPS) is 14.5. The number of aromatic hydroxyl groups is 1. The summed E-state index contributed by atoms with van der Waals surface area (Å²) in [6.07, 6.45) is 9.02. The maximum absolute atomic E-state index is 13.0. The Balaban J connectivity index is 1.45. The predicted octanol–water partition coefficient (Wildman–Crippen LogP) is 6.07. The minimum atomic E-state index is -0.153. The van der Waals surface area contributed by atoms with Crippen LogP contribution in [-0.2, 0) is 16.8 Å². The number of piperidine rings is 1. The van der Waals surface area contributed by atoms with E-state index in [4.69, 9.17) is 0 Å². The molecular weight excluding hydrogens is 474 g/mol. The third-order valence-corrected chi connectivity index (χ3v) is 7.23. The first-order valence-electron chi connectivity index (χ1n) is 13.4. The number of benzene rings is 2. The van der Waals surface area contributed by atoms with Crippen LogP contribution >= 0.6 is 0 Å². The lowest BCUT2D eigenvalue weighted by Crippen LogP contribution is -2.37. The Kier molecular flexibility index (Phi) is 7.38. The van der Waals surface area contributed by atoms with Crippen LogP contribution in [0.25, 0.3) is 16.5 Å². The summed E-state index contributed by atoms with van der Waals surface area (Å²) >= 11 is 0. The minimum absolute atomic E-state index is 0.000891. The first-order valence-corrected chi connectivity index (χ1v) is 13.4. The summed E-state index contributed by atoms with van der Waals surface area (Å²) in [5, 5.41) is 19.7. The molecule has 3 N–H and O–H groups in total. The number of hydrogen-bond acceptors (Lipinski definition) is 5. The van der Waals surface area contributed by atoms with E-state index in [-0.39, 0.29) is 17.2 Å². The van der Waals surface area contributed by atoms with Gasteiger partial charge in [0.25, 0.3) is 0 Å². The van der Waals surface area contributed by atoms with Gasteiger partial charge in [-0.2, -0.15) is 0 Å². The highest BCUT2D eigenvalue weighted by Crippen LogP contribution is 2.38. The minimum Gasteiger partial charge on any atom is -0.494 e. The van der Waals surface area contributed by atoms with Gasteiger partial charge in [0.2, 0.25) is 11.8 Å². The molecule has 0 spiro atoms. The first kappa shape index (κ1) is 25.8. The maximum Gasteiger partial charge on any atom is 0.238 e. The fourth-order valence-electron chi connectivity index (χ4n) is 5.24. The summed E-state index contributed by atoms with van der Waals surface area (Å²) in [6.45, 7) is 9.40. The van der Waals surface area contributed by atoms with E-state index in [0.29, 0.717) is 13.1 Å². The Bertz CT molecular complexity index is 1420. The van der Waals surface area contributed by atoms with E-state index in [1.54, 1.807) is 17.0 Å². The maximum atomic E-state index is 13.0. The van der Waals surface area contributed by atoms with E-state index < -0.39 is 0 Å². The van der Waals surface area contributed by atoms with Gasteiger partial charge in [-0.1, -0.05) is 45.4 Å². The van der Waals surface area contributed by atoms with Crippen molar-refractivity contribution in [2.24, 2.45) is 0 Å². The second kappa shape index (κ2) is 10.9. The Labute approximate surface area is 224 Å². The summed E-state index contributed by atoms with van der Waals surface area (Å²) in [6, 6.07) is 15.9. The van der Waals surface area contributed by atoms with Gasteiger partial charge in [0.05, 0.1) is 17.6 Å². The zero-order valence-corrected chi connectivity index (χ0v) is 22.5. The first-order chi connectivity index (χ1) is 18.3. The zero-order valence-electron chi connectivity index (χ0n) is 22.5. The van der Waals surface area contributed by atoms with E-state index in [9.17, 15) is 9.90 Å². The van der Waals surface area contributed by atoms with Crippen molar-refractivity contribution in [1.82, 2.24) is 14.5 Å². The van der Waals surface area contributed by atoms with E-state index >= 15 is 0 Å². The fraction of sp³-hybridized carbons (Fsp3) is 0.355. The van der Waals surface area contributed by atoms with Crippen molar-refractivity contribution in [2.45, 2.75) is 52.0 Å². The number of carbonyl (C=O) groups excluding carboxylic acids is 1. The Morgan fingerprint density at radius 2 is 1.76 bits per heavy atom. The van der Waals surface area contributed by atoms with Crippen LogP contribution in [-0.4, -0.2) is 45.1 Å². The lowest BCUT2D eigenvalue weighted by molar-refractivity contribution is -0.117. The van der Waals surface area contributed by atoms with Gasteiger partial charge in [0.1, 0.15) is 0 Å². The molecule has 38 heavy (non-hydrogen) atoms. The predicted molar refractivity (Wildman–Crippen MR) is 154 cm³/mol. The van der Waals surface area contributed by atoms with Crippen molar-refractivity contribution in [3.63, 3.8) is 0 Å². The van der Waals surface area contributed by atoms with Crippen molar-refractivity contribution in [3.8, 4) is 11.6 Å². The molecule has 0 atom stereocenters. The molecule has 7 heteroatoms. The number of carbonyl (C=O) groups is 1. The van der Waals surface area contributed by atoms with Crippen molar-refractivity contribution >= 4 is 28.1 Å². The number of anilines is 2. The van der Waals surface area contributed by atoms with Crippen LogP contribution in [0.3, 0.4) is 0 Å². The topological polar surface area (TPSA) is 82.4 Å². The largest absolute Gasteiger partial charge is 0.494 e. The van der Waals surface area contributed by atoms with E-state index in [0.717, 1.165) is 64.9 Å². The van der Waals surface area contributed by atoms with Crippen molar-refractivity contribution < 1.29 is 9.90 Å². The third-order valence-electron chi connectivity index (χ3n) is 7.23. The molecule has 0 saturated carbocycles. The molecule has 7 nitrogen and oxygen atoms in total. The molecular formula is C31H37N5O2. The second-order valence-corrected chi connectivity index (χ2v) is 11.2. The second-order valence-electron chi connectivity index (χ2n) is 11.2. The van der Waals surface area contributed by atoms with Gasteiger partial charge >= 0.3 is 0 Å². The molecule has 3 heterocycles. The van der Waals surface area contributed by atoms with Crippen LogP contribution in [0.4, 0.5) is 11.4 Å². The molecule has 0 bridgehead atoms. The smallest absolute Gasteiger partial charge is 0.238 e. The molecule has 1 amide bonds. The van der Waals surface area contributed by atoms with Gasteiger partial charge in [-0.25, -0.2) is 0 Å². The van der Waals surface area contributed by atoms with E-state index in [1.165, 1.54) is 6.42 Å². The number of pyridine rings is 1. The highest BCUT2D eigenvalue weighted by atomic mass is 16.3. The molecule has 0 radical (unpaired) electrons. The number of nitrogens with zero attached hydrogens (tertiary/aromatic N) is 3. The molecule has 4 aromatic rings. The van der Waals surface area contributed by atoms with Gasteiger partial charge < -0.3 is 15.7 Å². The molecule has 0 unspecified atom stereocenters. The number of fused-ring (bicyclic) bond motifs is 1. The molecule has 2 aromatic carbocycles. The highest BCUT2D eigenvalue weighted by molar-refractivity contribution is 5.99. The highest BCUT2D eigenvalue weighted by Gasteiger charge is 2.22. The van der Waals surface area contributed by atoms with Crippen LogP contribution in [0.15, 0.2) is 67.1 Å². The van der Waals surface area contributed by atoms with Crippen LogP contribution in [0.1, 0.15) is 51.2 Å². The van der Waals surface area contributed by atoms with Gasteiger partial charge in [-0.3, -0.25) is 19.2 Å². The lowest BCUT2D eigenvalue weighted by Gasteiger charge is -2.27. The molecule has 0 aliphatic carbocycles. The Morgan fingerprint density at radius 1 is 1.00 bits per heavy atom. The van der Waals surface area contributed by atoms with Gasteiger partial charge in [0.15, 0.2) is 0 Å². The van der Waals surface area contributed by atoms with E-state index in [2.05, 4.69) is 47.4 Å². The molecule has 1 aliphatic heterocycles. The number of aromatic nitrogens is 2. The van der Waals surface area contributed by atoms with Gasteiger partial charge in [-0.15, -0.1) is 0 Å². The molecule has 1 saturated heterocycles. The summed E-state index contributed by atoms with van der Waals surface area (Å²) in [5.41, 5.74) is 4.45. The molecule has 2 aromatic heterocycles. The van der Waals surface area contributed by atoms with Crippen molar-refractivity contribution in [3.05, 3.63) is 78.2 Å². The van der Waals surface area contributed by atoms with Crippen LogP contribution in [0.5, 0.6) is 5.88 Å². The van der Waals surface area contributed by atoms with E-state index in [1.807, 2.05) is 48.7 Å². The molecule has 1 fully saturated rings. The number of nitrogens with one attached hydrogen (secondary N) is 2. The van der Waals surface area contributed by atoms with Crippen LogP contribution in [0, 0.1) is 0 Å². The third kappa shape index (κ3) is 5.68. The van der Waals surface area contributed by atoms with Crippen molar-refractivity contribution in [1.29, 1.82) is 0 Å². The Hall–Kier alpha value is -3.84. The van der Waals surface area contributed by atoms with Gasteiger partial charge in [-0.05, 0) is 72.8 Å². The number of amides is 1. The lowest BCUT2D eigenvalue weighted by atomic mass is 9.85. The van der Waals surface area contributed by atoms with Crippen LogP contribution < -0.4 is 10.6 Å². The summed E-state index contributed by atoms with van der Waals surface area (Å²) < 4.78 is 1.79. The average Bonchev–Trinajstić information content (AvgIpc) is 3.25. The quantitative estimate of drug-likeness (QED) is 0.281. The van der Waals surface area contributed by atoms with Gasteiger partial charge in [0, 0.05) is 41.9 Å². The average molecular weight is 512 g/mol. The monoisotopic (exact) mass is 511 g/mol.